The van der Waals surface area contributed by atoms with Crippen molar-refractivity contribution in [2.45, 2.75) is 26.2 Å². The molecule has 0 aliphatic carbocycles. The highest BCUT2D eigenvalue weighted by molar-refractivity contribution is 5.94. The van der Waals surface area contributed by atoms with Gasteiger partial charge < -0.3 is 4.90 Å². The van der Waals surface area contributed by atoms with Crippen molar-refractivity contribution in [2.24, 2.45) is 0 Å². The molecule has 2 rings (SSSR count). The van der Waals surface area contributed by atoms with E-state index in [1.54, 1.807) is 0 Å². The van der Waals surface area contributed by atoms with Crippen LogP contribution in [0.5, 0.6) is 0 Å². The van der Waals surface area contributed by atoms with Crippen LogP contribution >= 0.6 is 0 Å². The van der Waals surface area contributed by atoms with Gasteiger partial charge in [-0.1, -0.05) is 45.1 Å². The number of nitrogens with zero attached hydrogens (tertiary/aromatic N) is 1. The third-order valence-electron chi connectivity index (χ3n) is 3.10. The SMILES string of the molecule is CC(C)(C)c1ccc(C(=O)N2CC=CC2)cc1. The minimum atomic E-state index is 0.121. The second-order valence-electron chi connectivity index (χ2n) is 5.51. The molecule has 1 aliphatic rings. The molecule has 0 atom stereocenters. The van der Waals surface area contributed by atoms with Crippen molar-refractivity contribution in [3.8, 4) is 0 Å². The lowest BCUT2D eigenvalue weighted by Gasteiger charge is -2.20. The zero-order valence-corrected chi connectivity index (χ0v) is 10.7. The van der Waals surface area contributed by atoms with Gasteiger partial charge in [-0.2, -0.15) is 0 Å². The van der Waals surface area contributed by atoms with E-state index in [0.29, 0.717) is 0 Å². The molecule has 2 heteroatoms. The Morgan fingerprint density at radius 1 is 1.06 bits per heavy atom. The summed E-state index contributed by atoms with van der Waals surface area (Å²) in [6.45, 7) is 8.00. The zero-order valence-electron chi connectivity index (χ0n) is 10.7. The number of hydrogen-bond donors (Lipinski definition) is 0. The Labute approximate surface area is 103 Å². The third kappa shape index (κ3) is 2.57. The highest BCUT2D eigenvalue weighted by atomic mass is 16.2. The lowest BCUT2D eigenvalue weighted by atomic mass is 9.86. The molecule has 0 radical (unpaired) electrons. The molecule has 1 aliphatic heterocycles. The fourth-order valence-electron chi connectivity index (χ4n) is 1.94. The van der Waals surface area contributed by atoms with E-state index in [1.807, 2.05) is 29.2 Å². The van der Waals surface area contributed by atoms with Gasteiger partial charge in [0.25, 0.3) is 5.91 Å². The molecule has 1 aromatic carbocycles. The maximum atomic E-state index is 12.1. The second kappa shape index (κ2) is 4.36. The van der Waals surface area contributed by atoms with E-state index >= 15 is 0 Å². The summed E-state index contributed by atoms with van der Waals surface area (Å²) in [7, 11) is 0. The number of hydrogen-bond acceptors (Lipinski definition) is 1. The fraction of sp³-hybridized carbons (Fsp3) is 0.400. The molecule has 0 saturated heterocycles. The highest BCUT2D eigenvalue weighted by Crippen LogP contribution is 2.22. The molecule has 0 bridgehead atoms. The number of amides is 1. The smallest absolute Gasteiger partial charge is 0.254 e. The summed E-state index contributed by atoms with van der Waals surface area (Å²) in [5.74, 6) is 0.121. The quantitative estimate of drug-likeness (QED) is 0.678. The Kier molecular flexibility index (Phi) is 3.05. The molecular formula is C15H19NO. The Balaban J connectivity index is 2.15. The van der Waals surface area contributed by atoms with Crippen LogP contribution in [0.4, 0.5) is 0 Å². The molecule has 0 aromatic heterocycles. The lowest BCUT2D eigenvalue weighted by molar-refractivity contribution is 0.0800. The minimum absolute atomic E-state index is 0.121. The van der Waals surface area contributed by atoms with Gasteiger partial charge in [-0.15, -0.1) is 0 Å². The van der Waals surface area contributed by atoms with E-state index < -0.39 is 0 Å². The molecule has 1 aromatic rings. The first-order chi connectivity index (χ1) is 7.98. The van der Waals surface area contributed by atoms with Gasteiger partial charge in [-0.05, 0) is 23.1 Å². The van der Waals surface area contributed by atoms with Crippen LogP contribution in [0.15, 0.2) is 36.4 Å². The summed E-state index contributed by atoms with van der Waals surface area (Å²) < 4.78 is 0. The Morgan fingerprint density at radius 3 is 2.06 bits per heavy atom. The Morgan fingerprint density at radius 2 is 1.59 bits per heavy atom. The molecule has 0 fully saturated rings. The minimum Gasteiger partial charge on any atom is -0.331 e. The number of rotatable bonds is 1. The molecule has 0 saturated carbocycles. The maximum Gasteiger partial charge on any atom is 0.254 e. The van der Waals surface area contributed by atoms with Gasteiger partial charge in [0.2, 0.25) is 0 Å². The third-order valence-corrected chi connectivity index (χ3v) is 3.10. The molecule has 90 valence electrons. The van der Waals surface area contributed by atoms with E-state index in [-0.39, 0.29) is 11.3 Å². The van der Waals surface area contributed by atoms with Crippen molar-refractivity contribution in [3.05, 3.63) is 47.5 Å². The first-order valence-corrected chi connectivity index (χ1v) is 6.03. The van der Waals surface area contributed by atoms with Crippen molar-refractivity contribution in [1.29, 1.82) is 0 Å². The lowest BCUT2D eigenvalue weighted by Crippen LogP contribution is -2.28. The van der Waals surface area contributed by atoms with E-state index in [4.69, 9.17) is 0 Å². The van der Waals surface area contributed by atoms with Crippen LogP contribution in [-0.2, 0) is 5.41 Å². The van der Waals surface area contributed by atoms with Gasteiger partial charge in [0, 0.05) is 18.7 Å². The number of carbonyl (C=O) groups is 1. The van der Waals surface area contributed by atoms with Gasteiger partial charge >= 0.3 is 0 Å². The molecule has 1 heterocycles. The first-order valence-electron chi connectivity index (χ1n) is 6.03. The molecule has 17 heavy (non-hydrogen) atoms. The van der Waals surface area contributed by atoms with Crippen molar-refractivity contribution in [1.82, 2.24) is 4.90 Å². The van der Waals surface area contributed by atoms with Crippen LogP contribution < -0.4 is 0 Å². The van der Waals surface area contributed by atoms with Crippen LogP contribution in [0.3, 0.4) is 0 Å². The standard InChI is InChI=1S/C15H19NO/c1-15(2,3)13-8-6-12(7-9-13)14(17)16-10-4-5-11-16/h4-9H,10-11H2,1-3H3. The van der Waals surface area contributed by atoms with Gasteiger partial charge in [0.15, 0.2) is 0 Å². The molecular weight excluding hydrogens is 210 g/mol. The monoisotopic (exact) mass is 229 g/mol. The largest absolute Gasteiger partial charge is 0.331 e. The average Bonchev–Trinajstić information content (AvgIpc) is 2.80. The zero-order chi connectivity index (χ0) is 12.5. The van der Waals surface area contributed by atoms with E-state index in [0.717, 1.165) is 18.7 Å². The second-order valence-corrected chi connectivity index (χ2v) is 5.51. The number of carbonyl (C=O) groups excluding carboxylic acids is 1. The topological polar surface area (TPSA) is 20.3 Å². The molecule has 1 amide bonds. The Bertz CT molecular complexity index is 429. The highest BCUT2D eigenvalue weighted by Gasteiger charge is 2.18. The van der Waals surface area contributed by atoms with E-state index in [1.165, 1.54) is 5.56 Å². The van der Waals surface area contributed by atoms with Crippen molar-refractivity contribution < 1.29 is 4.79 Å². The van der Waals surface area contributed by atoms with Crippen LogP contribution in [0.1, 0.15) is 36.7 Å². The fourth-order valence-corrected chi connectivity index (χ4v) is 1.94. The normalized spacial score (nSPS) is 15.4. The van der Waals surface area contributed by atoms with Crippen LogP contribution in [0.2, 0.25) is 0 Å². The first kappa shape index (κ1) is 11.9. The predicted octanol–water partition coefficient (Wildman–Crippen LogP) is 3.00. The molecule has 0 spiro atoms. The molecule has 0 unspecified atom stereocenters. The van der Waals surface area contributed by atoms with Gasteiger partial charge in [-0.25, -0.2) is 0 Å². The summed E-state index contributed by atoms with van der Waals surface area (Å²) in [6.07, 6.45) is 4.06. The predicted molar refractivity (Wildman–Crippen MR) is 70.2 cm³/mol. The van der Waals surface area contributed by atoms with E-state index in [9.17, 15) is 4.79 Å². The van der Waals surface area contributed by atoms with Gasteiger partial charge in [0.1, 0.15) is 0 Å². The van der Waals surface area contributed by atoms with Gasteiger partial charge in [0.05, 0.1) is 0 Å². The van der Waals surface area contributed by atoms with Gasteiger partial charge in [-0.3, -0.25) is 4.79 Å². The van der Waals surface area contributed by atoms with Crippen molar-refractivity contribution in [2.75, 3.05) is 13.1 Å². The van der Waals surface area contributed by atoms with Crippen LogP contribution in [-0.4, -0.2) is 23.9 Å². The van der Waals surface area contributed by atoms with Crippen molar-refractivity contribution >= 4 is 5.91 Å². The van der Waals surface area contributed by atoms with E-state index in [2.05, 4.69) is 32.9 Å². The van der Waals surface area contributed by atoms with Crippen molar-refractivity contribution in [3.63, 3.8) is 0 Å². The number of benzene rings is 1. The summed E-state index contributed by atoms with van der Waals surface area (Å²) in [5, 5.41) is 0. The van der Waals surface area contributed by atoms with Crippen LogP contribution in [0, 0.1) is 0 Å². The molecule has 2 nitrogen and oxygen atoms in total. The summed E-state index contributed by atoms with van der Waals surface area (Å²) in [5.41, 5.74) is 2.17. The summed E-state index contributed by atoms with van der Waals surface area (Å²) >= 11 is 0. The summed E-state index contributed by atoms with van der Waals surface area (Å²) in [6, 6.07) is 7.97. The van der Waals surface area contributed by atoms with Crippen LogP contribution in [0.25, 0.3) is 0 Å². The molecule has 0 N–H and O–H groups in total. The summed E-state index contributed by atoms with van der Waals surface area (Å²) in [4.78, 5) is 13.9. The maximum absolute atomic E-state index is 12.1. The Hall–Kier alpha value is -1.57. The average molecular weight is 229 g/mol.